The number of carbonyl (C=O) groups is 1. The largest absolute Gasteiger partial charge is 0.491 e. The smallest absolute Gasteiger partial charge is 0.257 e. The first kappa shape index (κ1) is 16.9. The summed E-state index contributed by atoms with van der Waals surface area (Å²) in [6.07, 6.45) is 4.39. The van der Waals surface area contributed by atoms with E-state index >= 15 is 0 Å². The van der Waals surface area contributed by atoms with Crippen LogP contribution in [0.1, 0.15) is 42.6 Å². The Bertz CT molecular complexity index is 682. The minimum atomic E-state index is -0.164. The summed E-state index contributed by atoms with van der Waals surface area (Å²) < 4.78 is 5.80. The number of rotatable bonds is 8. The Hall–Kier alpha value is -1.92. The molecule has 5 nitrogen and oxygen atoms in total. The molecule has 1 heterocycles. The van der Waals surface area contributed by atoms with Crippen molar-refractivity contribution in [1.29, 1.82) is 0 Å². The van der Waals surface area contributed by atoms with Crippen LogP contribution in [0, 0.1) is 5.92 Å². The van der Waals surface area contributed by atoms with E-state index in [1.807, 2.05) is 31.4 Å². The van der Waals surface area contributed by atoms with Crippen molar-refractivity contribution in [2.45, 2.75) is 39.3 Å². The summed E-state index contributed by atoms with van der Waals surface area (Å²) in [5, 5.41) is 8.72. The molecule has 3 rings (SSSR count). The van der Waals surface area contributed by atoms with Crippen LogP contribution in [0.15, 0.2) is 29.8 Å². The Morgan fingerprint density at radius 3 is 2.88 bits per heavy atom. The monoisotopic (exact) mass is 345 g/mol. The van der Waals surface area contributed by atoms with E-state index in [1.165, 1.54) is 24.2 Å². The third-order valence-electron chi connectivity index (χ3n) is 3.71. The minimum absolute atomic E-state index is 0.0644. The lowest BCUT2D eigenvalue weighted by atomic mass is 10.1. The molecule has 6 heteroatoms. The van der Waals surface area contributed by atoms with Gasteiger partial charge in [-0.05, 0) is 62.9 Å². The molecule has 1 aliphatic carbocycles. The van der Waals surface area contributed by atoms with Gasteiger partial charge in [-0.2, -0.15) is 0 Å². The van der Waals surface area contributed by atoms with Crippen molar-refractivity contribution in [3.8, 4) is 5.75 Å². The van der Waals surface area contributed by atoms with Gasteiger partial charge in [0.05, 0.1) is 6.10 Å². The maximum Gasteiger partial charge on any atom is 0.257 e. The molecule has 0 atom stereocenters. The molecule has 2 aromatic rings. The average molecular weight is 345 g/mol. The molecule has 0 bridgehead atoms. The molecule has 0 aliphatic heterocycles. The highest BCUT2D eigenvalue weighted by Crippen LogP contribution is 2.28. The van der Waals surface area contributed by atoms with Gasteiger partial charge in [0.25, 0.3) is 5.91 Å². The number of ether oxygens (including phenoxy) is 1. The Morgan fingerprint density at radius 1 is 1.38 bits per heavy atom. The van der Waals surface area contributed by atoms with Gasteiger partial charge in [-0.25, -0.2) is 4.98 Å². The molecule has 128 valence electrons. The average Bonchev–Trinajstić information content (AvgIpc) is 3.21. The molecule has 0 radical (unpaired) electrons. The number of nitrogens with zero attached hydrogens (tertiary/aromatic N) is 1. The normalized spacial score (nSPS) is 14.0. The van der Waals surface area contributed by atoms with Crippen LogP contribution in [-0.2, 0) is 6.54 Å². The van der Waals surface area contributed by atoms with Gasteiger partial charge in [0.15, 0.2) is 5.13 Å². The first-order valence-electron chi connectivity index (χ1n) is 8.32. The highest BCUT2D eigenvalue weighted by atomic mass is 32.1. The first-order valence-corrected chi connectivity index (χ1v) is 9.20. The number of hydrogen-bond acceptors (Lipinski definition) is 5. The van der Waals surface area contributed by atoms with E-state index < -0.39 is 0 Å². The summed E-state index contributed by atoms with van der Waals surface area (Å²) in [7, 11) is 0. The van der Waals surface area contributed by atoms with Crippen LogP contribution >= 0.6 is 11.3 Å². The Kier molecular flexibility index (Phi) is 5.48. The van der Waals surface area contributed by atoms with E-state index in [9.17, 15) is 4.79 Å². The Balaban J connectivity index is 1.73. The number of carbonyl (C=O) groups excluding carboxylic acids is 1. The van der Waals surface area contributed by atoms with E-state index in [4.69, 9.17) is 4.74 Å². The molecule has 0 spiro atoms. The summed E-state index contributed by atoms with van der Waals surface area (Å²) in [4.78, 5) is 16.6. The number of amides is 1. The van der Waals surface area contributed by atoms with Crippen molar-refractivity contribution < 1.29 is 9.53 Å². The van der Waals surface area contributed by atoms with E-state index in [1.54, 1.807) is 12.3 Å². The predicted octanol–water partition coefficient (Wildman–Crippen LogP) is 3.68. The third-order valence-corrected chi connectivity index (χ3v) is 4.40. The molecule has 1 fully saturated rings. The molecule has 0 saturated heterocycles. The maximum atomic E-state index is 12.5. The van der Waals surface area contributed by atoms with Gasteiger partial charge in [0.2, 0.25) is 0 Å². The minimum Gasteiger partial charge on any atom is -0.491 e. The lowest BCUT2D eigenvalue weighted by molar-refractivity contribution is 0.102. The molecule has 0 unspecified atom stereocenters. The van der Waals surface area contributed by atoms with E-state index in [2.05, 4.69) is 15.6 Å². The zero-order valence-corrected chi connectivity index (χ0v) is 14.9. The van der Waals surface area contributed by atoms with Crippen molar-refractivity contribution in [2.24, 2.45) is 5.92 Å². The zero-order valence-electron chi connectivity index (χ0n) is 14.0. The summed E-state index contributed by atoms with van der Waals surface area (Å²) >= 11 is 1.40. The third kappa shape index (κ3) is 5.04. The van der Waals surface area contributed by atoms with Crippen molar-refractivity contribution >= 4 is 22.4 Å². The quantitative estimate of drug-likeness (QED) is 0.766. The summed E-state index contributed by atoms with van der Waals surface area (Å²) in [6.45, 7) is 5.74. The molecular formula is C18H23N3O2S. The zero-order chi connectivity index (χ0) is 16.9. The van der Waals surface area contributed by atoms with Gasteiger partial charge in [-0.1, -0.05) is 0 Å². The number of anilines is 1. The van der Waals surface area contributed by atoms with Crippen LogP contribution in [0.2, 0.25) is 0 Å². The van der Waals surface area contributed by atoms with Crippen molar-refractivity contribution in [3.05, 3.63) is 40.9 Å². The summed E-state index contributed by atoms with van der Waals surface area (Å²) in [5.41, 5.74) is 1.64. The predicted molar refractivity (Wildman–Crippen MR) is 96.7 cm³/mol. The van der Waals surface area contributed by atoms with Gasteiger partial charge in [-0.3, -0.25) is 10.1 Å². The molecule has 1 aromatic carbocycles. The molecular weight excluding hydrogens is 322 g/mol. The molecule has 24 heavy (non-hydrogen) atoms. The number of thiazole rings is 1. The van der Waals surface area contributed by atoms with E-state index in [0.717, 1.165) is 30.3 Å². The molecule has 1 aromatic heterocycles. The second kappa shape index (κ2) is 7.77. The fraction of sp³-hybridized carbons (Fsp3) is 0.444. The highest BCUT2D eigenvalue weighted by Gasteiger charge is 2.20. The van der Waals surface area contributed by atoms with Crippen LogP contribution in [0.5, 0.6) is 5.75 Å². The number of aromatic nitrogens is 1. The standard InChI is InChI=1S/C18H23N3O2S/c1-12(2)23-16-8-14(11-19-10-13-3-4-13)7-15(9-16)17(22)21-18-20-5-6-24-18/h5-9,12-13,19H,3-4,10-11H2,1-2H3,(H,20,21,22). The summed E-state index contributed by atoms with van der Waals surface area (Å²) in [6, 6.07) is 5.70. The lowest BCUT2D eigenvalue weighted by Crippen LogP contribution is -2.18. The highest BCUT2D eigenvalue weighted by molar-refractivity contribution is 7.13. The van der Waals surface area contributed by atoms with Crippen molar-refractivity contribution in [1.82, 2.24) is 10.3 Å². The first-order chi connectivity index (χ1) is 11.6. The SMILES string of the molecule is CC(C)Oc1cc(CNCC2CC2)cc(C(=O)Nc2nccs2)c1. The van der Waals surface area contributed by atoms with E-state index in [-0.39, 0.29) is 12.0 Å². The number of hydrogen-bond donors (Lipinski definition) is 2. The van der Waals surface area contributed by atoms with Crippen LogP contribution < -0.4 is 15.4 Å². The fourth-order valence-electron chi connectivity index (χ4n) is 2.43. The van der Waals surface area contributed by atoms with Gasteiger partial charge >= 0.3 is 0 Å². The Morgan fingerprint density at radius 2 is 2.21 bits per heavy atom. The summed E-state index contributed by atoms with van der Waals surface area (Å²) in [5.74, 6) is 1.38. The van der Waals surface area contributed by atoms with Gasteiger partial charge in [0, 0.05) is 23.7 Å². The maximum absolute atomic E-state index is 12.5. The van der Waals surface area contributed by atoms with Crippen LogP contribution in [0.25, 0.3) is 0 Å². The molecule has 2 N–H and O–H groups in total. The second-order valence-corrected chi connectivity index (χ2v) is 7.29. The molecule has 1 aliphatic rings. The van der Waals surface area contributed by atoms with Crippen molar-refractivity contribution in [2.75, 3.05) is 11.9 Å². The van der Waals surface area contributed by atoms with Crippen LogP contribution in [0.3, 0.4) is 0 Å². The van der Waals surface area contributed by atoms with Gasteiger partial charge in [-0.15, -0.1) is 11.3 Å². The van der Waals surface area contributed by atoms with Crippen LogP contribution in [0.4, 0.5) is 5.13 Å². The molecule has 1 amide bonds. The fourth-order valence-corrected chi connectivity index (χ4v) is 2.96. The van der Waals surface area contributed by atoms with Gasteiger partial charge < -0.3 is 10.1 Å². The molecule has 1 saturated carbocycles. The lowest BCUT2D eigenvalue weighted by Gasteiger charge is -2.14. The second-order valence-electron chi connectivity index (χ2n) is 6.40. The van der Waals surface area contributed by atoms with Crippen LogP contribution in [-0.4, -0.2) is 23.5 Å². The Labute approximate surface area is 146 Å². The van der Waals surface area contributed by atoms with Crippen molar-refractivity contribution in [3.63, 3.8) is 0 Å². The van der Waals surface area contributed by atoms with E-state index in [0.29, 0.717) is 10.7 Å². The number of nitrogens with one attached hydrogen (secondary N) is 2. The number of benzene rings is 1. The van der Waals surface area contributed by atoms with Gasteiger partial charge in [0.1, 0.15) is 5.75 Å². The topological polar surface area (TPSA) is 63.2 Å².